The Kier molecular flexibility index (Phi) is 33.7. The minimum Gasteiger partial charge on any atom is -0.463 e. The van der Waals surface area contributed by atoms with Gasteiger partial charge in [-0.25, -0.2) is 0 Å². The van der Waals surface area contributed by atoms with E-state index in [2.05, 4.69) is 6.58 Å². The molecule has 6 rings (SSSR count). The Balaban J connectivity index is 0.000000371. The molecule has 576 valence electrons. The van der Waals surface area contributed by atoms with Gasteiger partial charge in [0.1, 0.15) is 111 Å². The van der Waals surface area contributed by atoms with Crippen LogP contribution in [0.4, 0.5) is 0 Å². The van der Waals surface area contributed by atoms with Crippen molar-refractivity contribution in [3.63, 3.8) is 0 Å². The molecule has 4 fully saturated rings. The molecule has 0 aromatic heterocycles. The van der Waals surface area contributed by atoms with Gasteiger partial charge in [0.05, 0.1) is 38.9 Å². The second-order valence-electron chi connectivity index (χ2n) is 27.4. The van der Waals surface area contributed by atoms with Gasteiger partial charge in [-0.2, -0.15) is 0 Å². The first-order valence-corrected chi connectivity index (χ1v) is 33.8. The van der Waals surface area contributed by atoms with Crippen LogP contribution in [0.2, 0.25) is 0 Å². The van der Waals surface area contributed by atoms with Crippen LogP contribution < -0.4 is 0 Å². The van der Waals surface area contributed by atoms with Crippen molar-refractivity contribution in [2.24, 2.45) is 10.8 Å². The Bertz CT molecular complexity index is 3250. The zero-order valence-corrected chi connectivity index (χ0v) is 59.8. The Morgan fingerprint density at radius 2 is 0.816 bits per heavy atom. The fourth-order valence-electron chi connectivity index (χ4n) is 12.0. The summed E-state index contributed by atoms with van der Waals surface area (Å²) >= 11 is 0. The van der Waals surface area contributed by atoms with Crippen LogP contribution in [0.3, 0.4) is 0 Å². The highest BCUT2D eigenvalue weighted by Crippen LogP contribution is 2.43. The molecule has 4 heterocycles. The monoisotopic (exact) mass is 1460 g/mol. The number of aliphatic hydroxyl groups is 14. The maximum atomic E-state index is 13.2. The van der Waals surface area contributed by atoms with E-state index < -0.39 is 222 Å². The number of carbonyl (C=O) groups is 6. The average molecular weight is 1460 g/mol. The van der Waals surface area contributed by atoms with Crippen LogP contribution in [0.15, 0.2) is 130 Å². The lowest BCUT2D eigenvalue weighted by atomic mass is 9.71. The maximum Gasteiger partial charge on any atom is 0.307 e. The van der Waals surface area contributed by atoms with Crippen LogP contribution in [-0.2, 0) is 76.1 Å². The van der Waals surface area contributed by atoms with Crippen LogP contribution in [0.25, 0.3) is 0 Å². The Morgan fingerprint density at radius 3 is 1.17 bits per heavy atom. The van der Waals surface area contributed by atoms with Crippen LogP contribution in [0, 0.1) is 10.8 Å². The van der Waals surface area contributed by atoms with Crippen LogP contribution in [0.5, 0.6) is 0 Å². The first-order chi connectivity index (χ1) is 48.3. The van der Waals surface area contributed by atoms with Crippen LogP contribution in [-0.4, -0.2) is 268 Å². The SMILES string of the molecule is C/C=C(C)/C=C/C=C(C)/C=C/C1=C(C)C(=O)C(OC(=O)CCC(=O)OCC2OC(O)C(O)C(O)C2OC2OC(CO)C(O)C(O)C2O)CC1(C)C.C=C/C=C(C)/C=C/C=C(C)/C=C/C1=C(C)C(=O)C(OC(=O)CCC(=O)OCC2OC(O)C(O)C(O)C2OC2OC(CO)C(O)C(O)C2O)CC1(C)C. The lowest BCUT2D eigenvalue weighted by Gasteiger charge is -2.45. The summed E-state index contributed by atoms with van der Waals surface area (Å²) in [6.45, 7) is 21.8. The molecule has 2 aliphatic carbocycles. The number of allylic oxidation sites excluding steroid dienone is 19. The first kappa shape index (κ1) is 87.2. The summed E-state index contributed by atoms with van der Waals surface area (Å²) in [4.78, 5) is 77.0. The minimum absolute atomic E-state index is 0.221. The molecular weight excluding hydrogens is 1360 g/mol. The largest absolute Gasteiger partial charge is 0.463 e. The minimum atomic E-state index is -1.92. The first-order valence-electron chi connectivity index (χ1n) is 33.8. The number of hydrogen-bond acceptors (Lipinski definition) is 30. The van der Waals surface area contributed by atoms with Gasteiger partial charge in [-0.3, -0.25) is 28.8 Å². The van der Waals surface area contributed by atoms with Gasteiger partial charge in [0.25, 0.3) is 0 Å². The number of carbonyl (C=O) groups excluding carboxylic acids is 6. The molecule has 4 saturated heterocycles. The molecule has 30 nitrogen and oxygen atoms in total. The summed E-state index contributed by atoms with van der Waals surface area (Å²) in [7, 11) is 0. The molecule has 0 bridgehead atoms. The van der Waals surface area contributed by atoms with Crippen molar-refractivity contribution in [1.82, 2.24) is 0 Å². The predicted octanol–water partition coefficient (Wildman–Crippen LogP) is 0.538. The zero-order chi connectivity index (χ0) is 77.1. The number of Topliss-reactive ketones (excluding diaryl/α,β-unsaturated/α-hetero) is 2. The highest BCUT2D eigenvalue weighted by atomic mass is 16.7. The lowest BCUT2D eigenvalue weighted by molar-refractivity contribution is -0.355. The van der Waals surface area contributed by atoms with E-state index in [1.807, 2.05) is 135 Å². The highest BCUT2D eigenvalue weighted by molar-refractivity contribution is 6.02. The molecule has 0 amide bonds. The van der Waals surface area contributed by atoms with Crippen molar-refractivity contribution in [3.05, 3.63) is 130 Å². The Hall–Kier alpha value is -6.44. The fourth-order valence-corrected chi connectivity index (χ4v) is 12.0. The maximum absolute atomic E-state index is 13.2. The molecule has 14 N–H and O–H groups in total. The van der Waals surface area contributed by atoms with Gasteiger partial charge in [0.15, 0.2) is 48.9 Å². The van der Waals surface area contributed by atoms with Gasteiger partial charge in [-0.1, -0.05) is 136 Å². The fraction of sp³-hybridized carbons (Fsp3) is 0.616. The Morgan fingerprint density at radius 1 is 0.466 bits per heavy atom. The average Bonchev–Trinajstić information content (AvgIpc) is 0.795. The number of rotatable bonds is 27. The van der Waals surface area contributed by atoms with Crippen molar-refractivity contribution in [2.45, 2.75) is 250 Å². The molecule has 0 saturated carbocycles. The van der Waals surface area contributed by atoms with E-state index in [4.69, 9.17) is 47.4 Å². The topological polar surface area (TPSA) is 478 Å². The van der Waals surface area contributed by atoms with Gasteiger partial charge >= 0.3 is 23.9 Å². The lowest BCUT2D eigenvalue weighted by Crippen LogP contribution is -2.64. The van der Waals surface area contributed by atoms with Crippen molar-refractivity contribution < 1.29 is 148 Å². The molecule has 22 unspecified atom stereocenters. The van der Waals surface area contributed by atoms with Gasteiger partial charge in [0.2, 0.25) is 0 Å². The molecular formula is C73H104O30. The summed E-state index contributed by atoms with van der Waals surface area (Å²) in [5.41, 5.74) is 5.66. The third-order valence-electron chi connectivity index (χ3n) is 18.3. The Labute approximate surface area is 598 Å². The summed E-state index contributed by atoms with van der Waals surface area (Å²) in [6, 6.07) is 0. The smallest absolute Gasteiger partial charge is 0.307 e. The standard InChI is InChI=1S/C37H52O15.C36H52O15/c1-7-9-19(2)10-8-11-20(3)12-13-22-21(4)28(41)23(16-37(22,5)6)49-27(40)15-14-26(39)48-18-25-34(31(44)32(45)35(47)50-25)52-36-33(46)30(43)29(42)24(17-38)51-36;1-7-18(2)9-8-10-19(3)11-12-21-20(4)27(40)22(15-36(21,5)6)48-26(39)14-13-25(38)47-17-24-33(30(43)31(44)34(46)49-24)51-35-32(45)29(42)28(41)23(16-37)50-35/h7-13,23-25,29-36,38,42-47H,1,14-18H2,2-6H3;7-12,22-24,28-35,37,41-46H,13-17H2,1-6H3/b10-8+,13-12+,19-9+,20-11+;9-8+,12-11+,18-7+,19-10+. The molecule has 0 aromatic carbocycles. The molecule has 0 aromatic rings. The number of esters is 4. The van der Waals surface area contributed by atoms with Gasteiger partial charge < -0.3 is 119 Å². The van der Waals surface area contributed by atoms with E-state index in [0.29, 0.717) is 11.1 Å². The summed E-state index contributed by atoms with van der Waals surface area (Å²) in [5.74, 6) is -4.12. The number of aliphatic hydroxyl groups excluding tert-OH is 14. The van der Waals surface area contributed by atoms with Gasteiger partial charge in [-0.15, -0.1) is 0 Å². The normalized spacial score (nSPS) is 34.8. The number of ketones is 2. The molecule has 103 heavy (non-hydrogen) atoms. The highest BCUT2D eigenvalue weighted by Gasteiger charge is 2.53. The van der Waals surface area contributed by atoms with Crippen molar-refractivity contribution in [1.29, 1.82) is 0 Å². The van der Waals surface area contributed by atoms with Crippen molar-refractivity contribution >= 4 is 35.4 Å². The van der Waals surface area contributed by atoms with E-state index in [-0.39, 0.29) is 24.4 Å². The van der Waals surface area contributed by atoms with Crippen molar-refractivity contribution in [3.8, 4) is 0 Å². The van der Waals surface area contributed by atoms with E-state index >= 15 is 0 Å². The van der Waals surface area contributed by atoms with E-state index in [1.165, 1.54) is 0 Å². The molecule has 30 heteroatoms. The zero-order valence-electron chi connectivity index (χ0n) is 59.8. The van der Waals surface area contributed by atoms with E-state index in [1.54, 1.807) is 19.9 Å². The molecule has 0 radical (unpaired) electrons. The molecule has 4 aliphatic heterocycles. The van der Waals surface area contributed by atoms with Crippen LogP contribution in [0.1, 0.15) is 115 Å². The second-order valence-corrected chi connectivity index (χ2v) is 27.4. The van der Waals surface area contributed by atoms with Crippen LogP contribution >= 0.6 is 0 Å². The number of hydrogen-bond donors (Lipinski definition) is 14. The predicted molar refractivity (Wildman–Crippen MR) is 363 cm³/mol. The van der Waals surface area contributed by atoms with E-state index in [9.17, 15) is 100 Å². The summed E-state index contributed by atoms with van der Waals surface area (Å²) < 4.78 is 53.5. The number of ether oxygens (including phenoxy) is 10. The van der Waals surface area contributed by atoms with Crippen molar-refractivity contribution in [2.75, 3.05) is 26.4 Å². The summed E-state index contributed by atoms with van der Waals surface area (Å²) in [6.07, 6.45) is -12.8. The molecule has 22 atom stereocenters. The van der Waals surface area contributed by atoms with Gasteiger partial charge in [-0.05, 0) is 81.6 Å². The second kappa shape index (κ2) is 39.8. The van der Waals surface area contributed by atoms with Gasteiger partial charge in [0, 0.05) is 12.8 Å². The quantitative estimate of drug-likeness (QED) is 0.0303. The van der Waals surface area contributed by atoms with E-state index in [0.717, 1.165) is 33.4 Å². The third kappa shape index (κ3) is 24.0. The summed E-state index contributed by atoms with van der Waals surface area (Å²) in [5, 5.41) is 141. The third-order valence-corrected chi connectivity index (χ3v) is 18.3. The molecule has 0 spiro atoms. The molecule has 6 aliphatic rings.